The van der Waals surface area contributed by atoms with Crippen LogP contribution in [-0.2, 0) is 4.12 Å². The van der Waals surface area contributed by atoms with E-state index in [9.17, 15) is 0 Å². The Morgan fingerprint density at radius 2 is 1.36 bits per heavy atom. The van der Waals surface area contributed by atoms with Crippen LogP contribution in [0.15, 0.2) is 72.8 Å². The van der Waals surface area contributed by atoms with Crippen LogP contribution in [-0.4, -0.2) is 20.2 Å². The van der Waals surface area contributed by atoms with Gasteiger partial charge in [0.1, 0.15) is 10.5 Å². The van der Waals surface area contributed by atoms with Crippen LogP contribution in [0.1, 0.15) is 5.56 Å². The molecule has 0 bridgehead atoms. The van der Waals surface area contributed by atoms with E-state index in [2.05, 4.69) is 79.7 Å². The normalized spacial score (nSPS) is 11.3. The lowest BCUT2D eigenvalue weighted by molar-refractivity contribution is 0.676. The maximum atomic E-state index is 5.62. The Hall–Kier alpha value is -1.95. The van der Waals surface area contributed by atoms with E-state index in [4.69, 9.17) is 4.12 Å². The van der Waals surface area contributed by atoms with Gasteiger partial charge < -0.3 is 4.12 Å². The van der Waals surface area contributed by atoms with Crippen LogP contribution in [0.2, 0.25) is 0 Å². The van der Waals surface area contributed by atoms with E-state index >= 15 is 0 Å². The van der Waals surface area contributed by atoms with Crippen LogP contribution >= 0.6 is 0 Å². The molecule has 0 unspecified atom stereocenters. The zero-order valence-corrected chi connectivity index (χ0v) is 16.5. The minimum absolute atomic E-state index is 0.590. The molecule has 0 heterocycles. The molecular weight excluding hydrogens is 300 g/mol. The first-order chi connectivity index (χ1) is 10.8. The molecule has 3 heteroatoms. The second-order valence-electron chi connectivity index (χ2n) is 5.44. The number of benzene rings is 3. The predicted octanol–water partition coefficient (Wildman–Crippen LogP) is 2.34. The zero-order valence-electron chi connectivity index (χ0n) is 13.0. The Balaban J connectivity index is 2.24. The summed E-state index contributed by atoms with van der Waals surface area (Å²) in [5.74, 6) is 0. The molecule has 0 aliphatic heterocycles. The van der Waals surface area contributed by atoms with Crippen LogP contribution in [0.3, 0.4) is 0 Å². The van der Waals surface area contributed by atoms with Gasteiger partial charge in [-0.2, -0.15) is 0 Å². The van der Waals surface area contributed by atoms with E-state index in [1.807, 2.05) is 0 Å². The lowest BCUT2D eigenvalue weighted by Gasteiger charge is -2.17. The van der Waals surface area contributed by atoms with Gasteiger partial charge in [-0.05, 0) is 39.9 Å². The van der Waals surface area contributed by atoms with Crippen molar-refractivity contribution in [3.8, 4) is 22.3 Å². The first-order valence-corrected chi connectivity index (χ1v) is 9.63. The molecule has 22 heavy (non-hydrogen) atoms. The fourth-order valence-electron chi connectivity index (χ4n) is 2.90. The van der Waals surface area contributed by atoms with Crippen LogP contribution in [0.25, 0.3) is 22.3 Å². The second kappa shape index (κ2) is 6.88. The van der Waals surface area contributed by atoms with Crippen molar-refractivity contribution < 1.29 is 4.12 Å². The summed E-state index contributed by atoms with van der Waals surface area (Å²) >= 11 is 0. The highest BCUT2D eigenvalue weighted by atomic mass is 28.3. The summed E-state index contributed by atoms with van der Waals surface area (Å²) in [6.45, 7) is 2.23. The molecule has 3 aromatic rings. The summed E-state index contributed by atoms with van der Waals surface area (Å²) in [7, 11) is 0.235. The maximum Gasteiger partial charge on any atom is 0.178 e. The van der Waals surface area contributed by atoms with Crippen molar-refractivity contribution in [3.63, 3.8) is 0 Å². The minimum Gasteiger partial charge on any atom is -0.465 e. The van der Waals surface area contributed by atoms with E-state index in [0.29, 0.717) is 0 Å². The highest BCUT2D eigenvalue weighted by Crippen LogP contribution is 2.33. The van der Waals surface area contributed by atoms with Gasteiger partial charge in [0, 0.05) is 0 Å². The summed E-state index contributed by atoms with van der Waals surface area (Å²) in [6, 6.07) is 25.8. The maximum absolute atomic E-state index is 5.62. The molecule has 0 radical (unpaired) electrons. The highest BCUT2D eigenvalue weighted by molar-refractivity contribution is 6.51. The molecule has 0 saturated heterocycles. The van der Waals surface area contributed by atoms with E-state index in [-0.39, 0.29) is 0 Å². The van der Waals surface area contributed by atoms with Crippen LogP contribution < -0.4 is 5.19 Å². The average Bonchev–Trinajstić information content (AvgIpc) is 2.58. The number of hydrogen-bond acceptors (Lipinski definition) is 1. The van der Waals surface area contributed by atoms with Crippen molar-refractivity contribution >= 4 is 25.4 Å². The molecule has 110 valence electrons. The van der Waals surface area contributed by atoms with Crippen molar-refractivity contribution in [1.82, 2.24) is 0 Å². The Labute approximate surface area is 137 Å². The van der Waals surface area contributed by atoms with E-state index < -0.39 is 9.76 Å². The SMILES string of the molecule is Cc1c([SiH2]O[SiH3])ccc(-c2ccccc2)c1-c1ccccc1. The molecule has 0 amide bonds. The molecule has 0 atom stereocenters. The lowest BCUT2D eigenvalue weighted by Crippen LogP contribution is -2.20. The Morgan fingerprint density at radius 1 is 0.773 bits per heavy atom. The summed E-state index contributed by atoms with van der Waals surface area (Å²) in [5.41, 5.74) is 6.56. The van der Waals surface area contributed by atoms with Crippen molar-refractivity contribution in [2.75, 3.05) is 0 Å². The van der Waals surface area contributed by atoms with Gasteiger partial charge >= 0.3 is 0 Å². The lowest BCUT2D eigenvalue weighted by atomic mass is 9.91. The first kappa shape index (κ1) is 15.0. The van der Waals surface area contributed by atoms with Crippen molar-refractivity contribution in [2.45, 2.75) is 6.92 Å². The molecule has 3 rings (SSSR count). The van der Waals surface area contributed by atoms with Gasteiger partial charge in [0.15, 0.2) is 9.76 Å². The quantitative estimate of drug-likeness (QED) is 0.671. The minimum atomic E-state index is -0.590. The molecule has 0 spiro atoms. The third-order valence-electron chi connectivity index (χ3n) is 4.02. The molecule has 0 aliphatic rings. The number of rotatable bonds is 4. The molecule has 1 nitrogen and oxygen atoms in total. The van der Waals surface area contributed by atoms with E-state index in [1.165, 1.54) is 33.0 Å². The molecule has 0 aromatic heterocycles. The van der Waals surface area contributed by atoms with Crippen molar-refractivity contribution in [3.05, 3.63) is 78.4 Å². The zero-order chi connectivity index (χ0) is 15.4. The highest BCUT2D eigenvalue weighted by Gasteiger charge is 2.13. The summed E-state index contributed by atoms with van der Waals surface area (Å²) in [5, 5.41) is 1.41. The average molecular weight is 321 g/mol. The van der Waals surface area contributed by atoms with Crippen molar-refractivity contribution in [2.24, 2.45) is 0 Å². The van der Waals surface area contributed by atoms with Gasteiger partial charge in [-0.25, -0.2) is 0 Å². The van der Waals surface area contributed by atoms with Gasteiger partial charge in [0.2, 0.25) is 0 Å². The third kappa shape index (κ3) is 2.97. The topological polar surface area (TPSA) is 9.23 Å². The molecule has 3 aromatic carbocycles. The van der Waals surface area contributed by atoms with E-state index in [0.717, 1.165) is 10.5 Å². The molecule has 0 aliphatic carbocycles. The summed E-state index contributed by atoms with van der Waals surface area (Å²) in [6.07, 6.45) is 0. The van der Waals surface area contributed by atoms with Crippen LogP contribution in [0.5, 0.6) is 0 Å². The standard InChI is InChI=1S/C19H20OSi2/c1-14-18(22-20-21)13-12-17(15-8-4-2-5-9-15)19(14)16-10-6-3-7-11-16/h2-13H,22H2,1,21H3. The van der Waals surface area contributed by atoms with Gasteiger partial charge in [0.25, 0.3) is 0 Å². The Kier molecular flexibility index (Phi) is 4.68. The number of hydrogen-bond donors (Lipinski definition) is 0. The van der Waals surface area contributed by atoms with Crippen molar-refractivity contribution in [1.29, 1.82) is 0 Å². The fourth-order valence-corrected chi connectivity index (χ4v) is 4.75. The Morgan fingerprint density at radius 3 is 1.95 bits per heavy atom. The fraction of sp³-hybridized carbons (Fsp3) is 0.0526. The van der Waals surface area contributed by atoms with Gasteiger partial charge in [-0.3, -0.25) is 0 Å². The van der Waals surface area contributed by atoms with Crippen LogP contribution in [0, 0.1) is 6.92 Å². The third-order valence-corrected chi connectivity index (χ3v) is 6.26. The smallest absolute Gasteiger partial charge is 0.178 e. The van der Waals surface area contributed by atoms with Gasteiger partial charge in [-0.1, -0.05) is 72.8 Å². The molecular formula is C19H20OSi2. The second-order valence-corrected chi connectivity index (χ2v) is 8.80. The monoisotopic (exact) mass is 320 g/mol. The summed E-state index contributed by atoms with van der Waals surface area (Å²) in [4.78, 5) is 0. The molecule has 0 N–H and O–H groups in total. The van der Waals surface area contributed by atoms with Crippen LogP contribution in [0.4, 0.5) is 0 Å². The summed E-state index contributed by atoms with van der Waals surface area (Å²) < 4.78 is 5.62. The molecule has 0 saturated carbocycles. The molecule has 0 fully saturated rings. The van der Waals surface area contributed by atoms with Gasteiger partial charge in [-0.15, -0.1) is 0 Å². The largest absolute Gasteiger partial charge is 0.465 e. The first-order valence-electron chi connectivity index (χ1n) is 7.53. The predicted molar refractivity (Wildman–Crippen MR) is 101 cm³/mol. The Bertz CT molecular complexity index is 755. The van der Waals surface area contributed by atoms with E-state index in [1.54, 1.807) is 0 Å². The van der Waals surface area contributed by atoms with Gasteiger partial charge in [0.05, 0.1) is 0 Å².